The van der Waals surface area contributed by atoms with Crippen LogP contribution in [0.2, 0.25) is 0 Å². The minimum Gasteiger partial charge on any atom is -0.465 e. The van der Waals surface area contributed by atoms with E-state index in [1.54, 1.807) is 36.4 Å². The molecule has 1 unspecified atom stereocenters. The van der Waals surface area contributed by atoms with Gasteiger partial charge in [0.25, 0.3) is 10.1 Å². The smallest absolute Gasteiger partial charge is 0.302 e. The molecule has 2 aromatic rings. The largest absolute Gasteiger partial charge is 0.465 e. The van der Waals surface area contributed by atoms with Crippen molar-refractivity contribution >= 4 is 29.4 Å². The van der Waals surface area contributed by atoms with Gasteiger partial charge in [-0.2, -0.15) is 8.42 Å². The Balaban J connectivity index is 2.14. The highest BCUT2D eigenvalue weighted by molar-refractivity contribution is 7.86. The second kappa shape index (κ2) is 8.31. The Morgan fingerprint density at radius 2 is 1.64 bits per heavy atom. The fourth-order valence-electron chi connectivity index (χ4n) is 2.17. The zero-order valence-corrected chi connectivity index (χ0v) is 15.0. The van der Waals surface area contributed by atoms with E-state index < -0.39 is 22.0 Å². The summed E-state index contributed by atoms with van der Waals surface area (Å²) >= 11 is 0. The van der Waals surface area contributed by atoms with E-state index in [4.69, 9.17) is 16.8 Å². The molecule has 7 heteroatoms. The standard InChI is InChI=1S/C18H19BO5S/c1-13-3-9-18(10-4-13)25(21,22)24-12-16(11-23-14(2)20)15-5-7-17(19)8-6-15/h3-10,16H,11-12H2,1-2H3. The normalized spacial score (nSPS) is 12.6. The fraction of sp³-hybridized carbons (Fsp3) is 0.278. The van der Waals surface area contributed by atoms with E-state index in [2.05, 4.69) is 0 Å². The average Bonchev–Trinajstić information content (AvgIpc) is 2.56. The summed E-state index contributed by atoms with van der Waals surface area (Å²) < 4.78 is 34.9. The Bertz CT molecular complexity index is 814. The van der Waals surface area contributed by atoms with Crippen LogP contribution in [0.4, 0.5) is 0 Å². The predicted molar refractivity (Wildman–Crippen MR) is 95.5 cm³/mol. The third-order valence-corrected chi connectivity index (χ3v) is 4.93. The van der Waals surface area contributed by atoms with Gasteiger partial charge in [0.1, 0.15) is 14.5 Å². The molecule has 2 rings (SSSR count). The van der Waals surface area contributed by atoms with Crippen LogP contribution in [0.5, 0.6) is 0 Å². The van der Waals surface area contributed by atoms with Gasteiger partial charge < -0.3 is 4.74 Å². The second-order valence-corrected chi connectivity index (χ2v) is 7.33. The van der Waals surface area contributed by atoms with Gasteiger partial charge in [0.05, 0.1) is 11.5 Å². The van der Waals surface area contributed by atoms with Crippen LogP contribution in [0.3, 0.4) is 0 Å². The molecule has 0 heterocycles. The van der Waals surface area contributed by atoms with Crippen molar-refractivity contribution in [1.29, 1.82) is 0 Å². The van der Waals surface area contributed by atoms with E-state index in [0.29, 0.717) is 5.46 Å². The van der Waals surface area contributed by atoms with Gasteiger partial charge in [-0.1, -0.05) is 47.4 Å². The van der Waals surface area contributed by atoms with Crippen LogP contribution in [0.15, 0.2) is 53.4 Å². The Kier molecular flexibility index (Phi) is 6.39. The first-order valence-corrected chi connectivity index (χ1v) is 9.13. The van der Waals surface area contributed by atoms with Gasteiger partial charge in [-0.15, -0.1) is 0 Å². The maximum absolute atomic E-state index is 12.3. The van der Waals surface area contributed by atoms with E-state index in [1.165, 1.54) is 19.1 Å². The topological polar surface area (TPSA) is 69.7 Å². The first-order valence-electron chi connectivity index (χ1n) is 7.73. The molecule has 0 saturated heterocycles. The Hall–Kier alpha value is -2.12. The number of aryl methyl sites for hydroxylation is 1. The van der Waals surface area contributed by atoms with Gasteiger partial charge in [0.15, 0.2) is 0 Å². The molecule has 2 aromatic carbocycles. The Labute approximate surface area is 149 Å². The quantitative estimate of drug-likeness (QED) is 0.429. The number of benzene rings is 2. The predicted octanol–water partition coefficient (Wildman–Crippen LogP) is 1.84. The average molecular weight is 358 g/mol. The van der Waals surface area contributed by atoms with Crippen molar-refractivity contribution in [2.45, 2.75) is 24.7 Å². The van der Waals surface area contributed by atoms with E-state index >= 15 is 0 Å². The van der Waals surface area contributed by atoms with Crippen molar-refractivity contribution < 1.29 is 22.1 Å². The molecule has 25 heavy (non-hydrogen) atoms. The first-order chi connectivity index (χ1) is 11.8. The van der Waals surface area contributed by atoms with Gasteiger partial charge in [-0.25, -0.2) is 0 Å². The molecule has 0 bridgehead atoms. The summed E-state index contributed by atoms with van der Waals surface area (Å²) in [7, 11) is 1.78. The van der Waals surface area contributed by atoms with Gasteiger partial charge in [-0.05, 0) is 24.6 Å². The van der Waals surface area contributed by atoms with Crippen LogP contribution in [0.25, 0.3) is 0 Å². The monoisotopic (exact) mass is 358 g/mol. The number of hydrogen-bond donors (Lipinski definition) is 0. The van der Waals surface area contributed by atoms with Crippen LogP contribution in [-0.2, 0) is 23.8 Å². The molecule has 0 aliphatic carbocycles. The zero-order valence-electron chi connectivity index (χ0n) is 14.1. The third-order valence-electron chi connectivity index (χ3n) is 3.63. The Morgan fingerprint density at radius 1 is 1.04 bits per heavy atom. The van der Waals surface area contributed by atoms with Crippen LogP contribution < -0.4 is 5.46 Å². The summed E-state index contributed by atoms with van der Waals surface area (Å²) in [5, 5.41) is 0. The van der Waals surface area contributed by atoms with Gasteiger partial charge >= 0.3 is 5.97 Å². The maximum Gasteiger partial charge on any atom is 0.302 e. The number of carbonyl (C=O) groups excluding carboxylic acids is 1. The first kappa shape index (κ1) is 19.2. The zero-order chi connectivity index (χ0) is 18.4. The molecule has 5 nitrogen and oxygen atoms in total. The number of esters is 1. The lowest BCUT2D eigenvalue weighted by Crippen LogP contribution is -2.19. The van der Waals surface area contributed by atoms with Crippen molar-refractivity contribution in [3.05, 3.63) is 59.7 Å². The lowest BCUT2D eigenvalue weighted by atomic mass is 9.92. The minimum absolute atomic E-state index is 0.0165. The SMILES string of the molecule is [B]c1ccc(C(COC(C)=O)COS(=O)(=O)c2ccc(C)cc2)cc1. The van der Waals surface area contributed by atoms with Crippen molar-refractivity contribution in [3.8, 4) is 0 Å². The highest BCUT2D eigenvalue weighted by Gasteiger charge is 2.20. The molecule has 130 valence electrons. The molecular weight excluding hydrogens is 339 g/mol. The van der Waals surface area contributed by atoms with Crippen molar-refractivity contribution in [1.82, 2.24) is 0 Å². The summed E-state index contributed by atoms with van der Waals surface area (Å²) in [5.41, 5.74) is 2.31. The molecule has 0 fully saturated rings. The molecule has 0 aliphatic rings. The maximum atomic E-state index is 12.3. The molecule has 2 radical (unpaired) electrons. The second-order valence-electron chi connectivity index (χ2n) is 5.72. The highest BCUT2D eigenvalue weighted by Crippen LogP contribution is 2.20. The number of ether oxygens (including phenoxy) is 1. The molecule has 1 atom stereocenters. The van der Waals surface area contributed by atoms with Crippen LogP contribution in [-0.4, -0.2) is 35.4 Å². The van der Waals surface area contributed by atoms with Gasteiger partial charge in [0.2, 0.25) is 0 Å². The third kappa shape index (κ3) is 5.72. The molecule has 0 spiro atoms. The number of carbonyl (C=O) groups is 1. The number of hydrogen-bond acceptors (Lipinski definition) is 5. The summed E-state index contributed by atoms with van der Waals surface area (Å²) in [6, 6.07) is 13.3. The van der Waals surface area contributed by atoms with Gasteiger partial charge in [0, 0.05) is 12.8 Å². The molecule has 0 aliphatic heterocycles. The summed E-state index contributed by atoms with van der Waals surface area (Å²) in [6.07, 6.45) is 0. The Morgan fingerprint density at radius 3 is 2.20 bits per heavy atom. The summed E-state index contributed by atoms with van der Waals surface area (Å²) in [4.78, 5) is 11.2. The van der Waals surface area contributed by atoms with Crippen LogP contribution in [0.1, 0.15) is 24.0 Å². The van der Waals surface area contributed by atoms with Crippen LogP contribution >= 0.6 is 0 Å². The van der Waals surface area contributed by atoms with Crippen molar-refractivity contribution in [2.75, 3.05) is 13.2 Å². The van der Waals surface area contributed by atoms with E-state index in [-0.39, 0.29) is 18.1 Å². The number of rotatable bonds is 7. The van der Waals surface area contributed by atoms with Crippen molar-refractivity contribution in [3.63, 3.8) is 0 Å². The minimum atomic E-state index is -3.89. The van der Waals surface area contributed by atoms with Crippen LogP contribution in [0, 0.1) is 6.92 Å². The highest BCUT2D eigenvalue weighted by atomic mass is 32.2. The lowest BCUT2D eigenvalue weighted by molar-refractivity contribution is -0.141. The molecule has 0 amide bonds. The van der Waals surface area contributed by atoms with E-state index in [1.807, 2.05) is 6.92 Å². The molecule has 0 N–H and O–H groups in total. The van der Waals surface area contributed by atoms with Gasteiger partial charge in [-0.3, -0.25) is 8.98 Å². The summed E-state index contributed by atoms with van der Waals surface area (Å²) in [6.45, 7) is 3.04. The fourth-order valence-corrected chi connectivity index (χ4v) is 3.12. The molecule has 0 aromatic heterocycles. The van der Waals surface area contributed by atoms with E-state index in [9.17, 15) is 13.2 Å². The molecular formula is C18H19BO5S. The van der Waals surface area contributed by atoms with Crippen molar-refractivity contribution in [2.24, 2.45) is 0 Å². The summed E-state index contributed by atoms with van der Waals surface area (Å²) in [5.74, 6) is -0.869. The van der Waals surface area contributed by atoms with E-state index in [0.717, 1.165) is 11.1 Å². The lowest BCUT2D eigenvalue weighted by Gasteiger charge is -2.17. The molecule has 0 saturated carbocycles.